The molecule has 1 aliphatic heterocycles. The number of benzene rings is 1. The molecular weight excluding hydrogens is 312 g/mol. The van der Waals surface area contributed by atoms with Gasteiger partial charge in [0.1, 0.15) is 5.75 Å². The fourth-order valence-electron chi connectivity index (χ4n) is 2.93. The number of nitrogens with zero attached hydrogens (tertiary/aromatic N) is 1. The fourth-order valence-corrected chi connectivity index (χ4v) is 2.93. The van der Waals surface area contributed by atoms with Crippen molar-refractivity contribution in [2.24, 2.45) is 0 Å². The number of amides is 1. The van der Waals surface area contributed by atoms with Crippen LogP contribution >= 0.6 is 0 Å². The number of methoxy groups -OCH3 is 1. The van der Waals surface area contributed by atoms with Gasteiger partial charge in [0.15, 0.2) is 11.5 Å². The summed E-state index contributed by atoms with van der Waals surface area (Å²) in [5, 5.41) is 20.9. The van der Waals surface area contributed by atoms with Crippen molar-refractivity contribution in [3.63, 3.8) is 0 Å². The zero-order valence-corrected chi connectivity index (χ0v) is 13.9. The lowest BCUT2D eigenvalue weighted by Crippen LogP contribution is -2.86. The SMILES string of the molecule is COc1ccccc1[C@@H]1C(C(C)=O)=C(O)C(=O)N1CC[NH2+]CCO. The van der Waals surface area contributed by atoms with Crippen LogP contribution in [-0.2, 0) is 9.59 Å². The average molecular weight is 335 g/mol. The minimum atomic E-state index is -0.673. The molecule has 0 saturated heterocycles. The summed E-state index contributed by atoms with van der Waals surface area (Å²) in [4.78, 5) is 25.9. The van der Waals surface area contributed by atoms with E-state index in [1.807, 2.05) is 5.32 Å². The number of quaternary nitrogens is 1. The number of para-hydroxylation sites is 1. The van der Waals surface area contributed by atoms with Gasteiger partial charge in [-0.1, -0.05) is 18.2 Å². The number of carbonyl (C=O) groups excluding carboxylic acids is 2. The molecular formula is C17H23N2O5+. The molecule has 7 heteroatoms. The molecule has 0 unspecified atom stereocenters. The molecule has 0 aromatic heterocycles. The molecule has 0 aliphatic carbocycles. The normalized spacial score (nSPS) is 17.5. The van der Waals surface area contributed by atoms with Crippen molar-refractivity contribution in [3.05, 3.63) is 41.2 Å². The van der Waals surface area contributed by atoms with Crippen molar-refractivity contribution in [3.8, 4) is 5.75 Å². The van der Waals surface area contributed by atoms with Gasteiger partial charge in [-0.3, -0.25) is 9.59 Å². The molecule has 1 aromatic carbocycles. The van der Waals surface area contributed by atoms with E-state index in [1.165, 1.54) is 18.9 Å². The summed E-state index contributed by atoms with van der Waals surface area (Å²) in [6, 6.07) is 6.46. The molecule has 1 aromatic rings. The molecule has 1 aliphatic rings. The highest BCUT2D eigenvalue weighted by atomic mass is 16.5. The lowest BCUT2D eigenvalue weighted by Gasteiger charge is -2.27. The maximum absolute atomic E-state index is 12.4. The Morgan fingerprint density at radius 3 is 2.67 bits per heavy atom. The predicted octanol–water partition coefficient (Wildman–Crippen LogP) is -0.465. The Balaban J connectivity index is 2.39. The molecule has 4 N–H and O–H groups in total. The van der Waals surface area contributed by atoms with Crippen molar-refractivity contribution in [2.75, 3.05) is 33.4 Å². The van der Waals surface area contributed by atoms with Crippen molar-refractivity contribution < 1.29 is 29.9 Å². The van der Waals surface area contributed by atoms with E-state index in [2.05, 4.69) is 0 Å². The third-order valence-corrected chi connectivity index (χ3v) is 4.02. The third-order valence-electron chi connectivity index (χ3n) is 4.02. The van der Waals surface area contributed by atoms with Gasteiger partial charge < -0.3 is 25.2 Å². The third kappa shape index (κ3) is 3.42. The van der Waals surface area contributed by atoms with Crippen LogP contribution in [0, 0.1) is 0 Å². The molecule has 1 heterocycles. The minimum Gasteiger partial charge on any atom is -0.503 e. The zero-order chi connectivity index (χ0) is 17.7. The lowest BCUT2D eigenvalue weighted by atomic mass is 9.96. The van der Waals surface area contributed by atoms with Crippen LogP contribution in [0.5, 0.6) is 5.75 Å². The minimum absolute atomic E-state index is 0.0477. The van der Waals surface area contributed by atoms with Gasteiger partial charge in [0.05, 0.1) is 45.0 Å². The van der Waals surface area contributed by atoms with Crippen LogP contribution in [0.3, 0.4) is 0 Å². The Bertz CT molecular complexity index is 656. The monoisotopic (exact) mass is 335 g/mol. The summed E-state index contributed by atoms with van der Waals surface area (Å²) >= 11 is 0. The van der Waals surface area contributed by atoms with Gasteiger partial charge in [0, 0.05) is 5.56 Å². The van der Waals surface area contributed by atoms with Crippen molar-refractivity contribution in [2.45, 2.75) is 13.0 Å². The number of ketones is 1. The highest BCUT2D eigenvalue weighted by Gasteiger charge is 2.43. The Labute approximate surface area is 140 Å². The standard InChI is InChI=1S/C17H22N2O5/c1-11(21)14-15(12-5-3-4-6-13(12)24-2)19(17(23)16(14)22)9-7-18-8-10-20/h3-6,15,18,20,22H,7-10H2,1-2H3/p+1/t15-/m1/s1. The number of aliphatic hydroxyl groups is 2. The first kappa shape index (κ1) is 18.0. The van der Waals surface area contributed by atoms with Gasteiger partial charge in [-0.2, -0.15) is 0 Å². The Morgan fingerprint density at radius 1 is 1.33 bits per heavy atom. The van der Waals surface area contributed by atoms with E-state index in [4.69, 9.17) is 9.84 Å². The summed E-state index contributed by atoms with van der Waals surface area (Å²) in [5.41, 5.74) is 0.747. The van der Waals surface area contributed by atoms with E-state index in [9.17, 15) is 14.7 Å². The first-order chi connectivity index (χ1) is 11.5. The van der Waals surface area contributed by atoms with E-state index in [1.54, 1.807) is 24.3 Å². The van der Waals surface area contributed by atoms with Gasteiger partial charge in [-0.15, -0.1) is 0 Å². The van der Waals surface area contributed by atoms with E-state index in [0.29, 0.717) is 30.9 Å². The second-order valence-corrected chi connectivity index (χ2v) is 5.55. The first-order valence-corrected chi connectivity index (χ1v) is 7.83. The second kappa shape index (κ2) is 7.94. The summed E-state index contributed by atoms with van der Waals surface area (Å²) in [7, 11) is 1.52. The number of hydrogen-bond acceptors (Lipinski definition) is 5. The van der Waals surface area contributed by atoms with Crippen LogP contribution in [0.2, 0.25) is 0 Å². The Hall–Kier alpha value is -2.38. The van der Waals surface area contributed by atoms with Crippen LogP contribution in [-0.4, -0.2) is 60.2 Å². The van der Waals surface area contributed by atoms with Gasteiger partial charge in [-0.25, -0.2) is 0 Å². The quantitative estimate of drug-likeness (QED) is 0.558. The first-order valence-electron chi connectivity index (χ1n) is 7.83. The maximum Gasteiger partial charge on any atom is 0.290 e. The molecule has 24 heavy (non-hydrogen) atoms. The van der Waals surface area contributed by atoms with E-state index in [-0.39, 0.29) is 18.0 Å². The van der Waals surface area contributed by atoms with Crippen LogP contribution in [0.15, 0.2) is 35.6 Å². The van der Waals surface area contributed by atoms with E-state index >= 15 is 0 Å². The topological polar surface area (TPSA) is 104 Å². The van der Waals surface area contributed by atoms with Crippen molar-refractivity contribution in [1.29, 1.82) is 0 Å². The number of carbonyl (C=O) groups is 2. The van der Waals surface area contributed by atoms with Gasteiger partial charge in [-0.05, 0) is 13.0 Å². The lowest BCUT2D eigenvalue weighted by molar-refractivity contribution is -0.655. The maximum atomic E-state index is 12.4. The second-order valence-electron chi connectivity index (χ2n) is 5.55. The van der Waals surface area contributed by atoms with E-state index < -0.39 is 17.7 Å². The molecule has 2 rings (SSSR count). The highest BCUT2D eigenvalue weighted by Crippen LogP contribution is 2.40. The van der Waals surface area contributed by atoms with Crippen LogP contribution in [0.25, 0.3) is 0 Å². The van der Waals surface area contributed by atoms with Gasteiger partial charge in [0.2, 0.25) is 0 Å². The summed E-state index contributed by atoms with van der Waals surface area (Å²) in [6.45, 7) is 2.80. The number of aliphatic hydroxyl groups excluding tert-OH is 2. The largest absolute Gasteiger partial charge is 0.503 e. The molecule has 0 radical (unpaired) electrons. The molecule has 1 atom stereocenters. The molecule has 1 amide bonds. The average Bonchev–Trinajstić information content (AvgIpc) is 2.83. The van der Waals surface area contributed by atoms with Crippen molar-refractivity contribution >= 4 is 11.7 Å². The summed E-state index contributed by atoms with van der Waals surface area (Å²) in [5.74, 6) is -0.860. The Morgan fingerprint density at radius 2 is 2.04 bits per heavy atom. The number of hydrogen-bond donors (Lipinski definition) is 3. The summed E-state index contributed by atoms with van der Waals surface area (Å²) < 4.78 is 5.35. The molecule has 0 bridgehead atoms. The van der Waals surface area contributed by atoms with Crippen LogP contribution < -0.4 is 10.1 Å². The summed E-state index contributed by atoms with van der Waals surface area (Å²) in [6.07, 6.45) is 0. The van der Waals surface area contributed by atoms with Crippen LogP contribution in [0.4, 0.5) is 0 Å². The number of Topliss-reactive ketones (excluding diaryl/α,β-unsaturated/α-hetero) is 1. The van der Waals surface area contributed by atoms with E-state index in [0.717, 1.165) is 0 Å². The zero-order valence-electron chi connectivity index (χ0n) is 13.9. The molecule has 130 valence electrons. The number of nitrogens with two attached hydrogens (primary N) is 1. The van der Waals surface area contributed by atoms with Crippen molar-refractivity contribution in [1.82, 2.24) is 4.90 Å². The van der Waals surface area contributed by atoms with Gasteiger partial charge in [0.25, 0.3) is 5.91 Å². The molecule has 0 saturated carbocycles. The molecule has 0 fully saturated rings. The smallest absolute Gasteiger partial charge is 0.290 e. The highest BCUT2D eigenvalue weighted by molar-refractivity contribution is 6.08. The predicted molar refractivity (Wildman–Crippen MR) is 86.5 cm³/mol. The Kier molecular flexibility index (Phi) is 5.94. The number of rotatable bonds is 8. The molecule has 7 nitrogen and oxygen atoms in total. The van der Waals surface area contributed by atoms with Gasteiger partial charge >= 0.3 is 0 Å². The number of ether oxygens (including phenoxy) is 1. The fraction of sp³-hybridized carbons (Fsp3) is 0.412. The van der Waals surface area contributed by atoms with Crippen LogP contribution in [0.1, 0.15) is 18.5 Å². The molecule has 0 spiro atoms.